The Bertz CT molecular complexity index is 1060. The van der Waals surface area contributed by atoms with Gasteiger partial charge in [-0.15, -0.1) is 0 Å². The molecule has 0 unspecified atom stereocenters. The van der Waals surface area contributed by atoms with Gasteiger partial charge in [0.2, 0.25) is 0 Å². The molecule has 10 nitrogen and oxygen atoms in total. The van der Waals surface area contributed by atoms with E-state index in [0.29, 0.717) is 36.3 Å². The number of carbonyl (C=O) groups is 1. The number of hydrogen-bond donors (Lipinski definition) is 0. The molecule has 1 amide bonds. The lowest BCUT2D eigenvalue weighted by molar-refractivity contribution is -0.384. The van der Waals surface area contributed by atoms with Gasteiger partial charge in [-0.25, -0.2) is 14.6 Å². The van der Waals surface area contributed by atoms with Gasteiger partial charge in [0.15, 0.2) is 5.65 Å². The van der Waals surface area contributed by atoms with Crippen LogP contribution in [0.3, 0.4) is 0 Å². The molecule has 144 valence electrons. The van der Waals surface area contributed by atoms with E-state index < -0.39 is 4.92 Å². The van der Waals surface area contributed by atoms with Crippen molar-refractivity contribution in [3.63, 3.8) is 0 Å². The first-order chi connectivity index (χ1) is 13.5. The molecule has 0 saturated carbocycles. The van der Waals surface area contributed by atoms with Crippen molar-refractivity contribution in [1.82, 2.24) is 24.6 Å². The molecule has 3 aromatic rings. The summed E-state index contributed by atoms with van der Waals surface area (Å²) < 4.78 is 2.38. The molecule has 1 aromatic carbocycles. The fourth-order valence-corrected chi connectivity index (χ4v) is 3.89. The number of fused-ring (bicyclic) bond motifs is 1. The fraction of sp³-hybridized carbons (Fsp3) is 0.294. The van der Waals surface area contributed by atoms with Crippen molar-refractivity contribution in [2.45, 2.75) is 0 Å². The first kappa shape index (κ1) is 18.3. The fourth-order valence-electron chi connectivity index (χ4n) is 3.30. The van der Waals surface area contributed by atoms with Crippen molar-refractivity contribution in [2.24, 2.45) is 7.05 Å². The average molecular weight is 446 g/mol. The Balaban J connectivity index is 1.49. The number of nitro groups is 1. The lowest BCUT2D eigenvalue weighted by Crippen LogP contribution is -2.49. The number of aromatic nitrogens is 4. The molecule has 28 heavy (non-hydrogen) atoms. The number of nitrogens with zero attached hydrogens (tertiary/aromatic N) is 7. The molecule has 0 bridgehead atoms. The van der Waals surface area contributed by atoms with Crippen LogP contribution in [-0.4, -0.2) is 61.7 Å². The highest BCUT2D eigenvalue weighted by atomic mass is 79.9. The molecule has 4 rings (SSSR count). The predicted molar refractivity (Wildman–Crippen MR) is 105 cm³/mol. The second-order valence-corrected chi connectivity index (χ2v) is 7.14. The second kappa shape index (κ2) is 7.15. The Labute approximate surface area is 168 Å². The second-order valence-electron chi connectivity index (χ2n) is 6.39. The van der Waals surface area contributed by atoms with Gasteiger partial charge in [-0.05, 0) is 28.1 Å². The largest absolute Gasteiger partial charge is 0.352 e. The smallest absolute Gasteiger partial charge is 0.269 e. The van der Waals surface area contributed by atoms with Gasteiger partial charge in [0.25, 0.3) is 11.6 Å². The lowest BCUT2D eigenvalue weighted by atomic mass is 10.1. The molecular weight excluding hydrogens is 430 g/mol. The average Bonchev–Trinajstić information content (AvgIpc) is 3.01. The molecule has 0 aliphatic carbocycles. The monoisotopic (exact) mass is 445 g/mol. The van der Waals surface area contributed by atoms with Gasteiger partial charge in [0, 0.05) is 50.9 Å². The van der Waals surface area contributed by atoms with Crippen LogP contribution >= 0.6 is 15.9 Å². The van der Waals surface area contributed by atoms with Gasteiger partial charge in [-0.3, -0.25) is 14.9 Å². The minimum absolute atomic E-state index is 0.0313. The van der Waals surface area contributed by atoms with E-state index in [1.807, 2.05) is 7.05 Å². The molecule has 1 fully saturated rings. The van der Waals surface area contributed by atoms with Crippen LogP contribution in [-0.2, 0) is 7.05 Å². The standard InChI is InChI=1S/C17H16BrN7O3/c1-22-15-13(14(18)21-22)16(20-10-19-15)23-6-8-24(9-7-23)17(26)11-2-4-12(5-3-11)25(27)28/h2-5,10H,6-9H2,1H3. The number of carbonyl (C=O) groups excluding carboxylic acids is 1. The first-order valence-electron chi connectivity index (χ1n) is 8.57. The van der Waals surface area contributed by atoms with E-state index in [1.54, 1.807) is 9.58 Å². The molecule has 1 aliphatic rings. The summed E-state index contributed by atoms with van der Waals surface area (Å²) in [5.41, 5.74) is 1.15. The van der Waals surface area contributed by atoms with E-state index >= 15 is 0 Å². The maximum absolute atomic E-state index is 12.7. The Hall–Kier alpha value is -3.08. The molecule has 11 heteroatoms. The Morgan fingerprint density at radius 2 is 1.82 bits per heavy atom. The number of nitro benzene ring substituents is 1. The number of amides is 1. The summed E-state index contributed by atoms with van der Waals surface area (Å²) in [7, 11) is 1.82. The first-order valence-corrected chi connectivity index (χ1v) is 9.37. The molecule has 0 atom stereocenters. The zero-order valence-electron chi connectivity index (χ0n) is 14.9. The molecule has 0 N–H and O–H groups in total. The van der Waals surface area contributed by atoms with Gasteiger partial charge in [0.05, 0.1) is 10.3 Å². The predicted octanol–water partition coefficient (Wildman–Crippen LogP) is 2.00. The van der Waals surface area contributed by atoms with Gasteiger partial charge >= 0.3 is 0 Å². The van der Waals surface area contributed by atoms with Gasteiger partial charge in [-0.2, -0.15) is 5.10 Å². The molecule has 1 saturated heterocycles. The van der Waals surface area contributed by atoms with Crippen LogP contribution in [0.2, 0.25) is 0 Å². The third-order valence-electron chi connectivity index (χ3n) is 4.75. The molecule has 1 aliphatic heterocycles. The van der Waals surface area contributed by atoms with E-state index in [-0.39, 0.29) is 11.6 Å². The van der Waals surface area contributed by atoms with Crippen molar-refractivity contribution in [1.29, 1.82) is 0 Å². The van der Waals surface area contributed by atoms with Crippen molar-refractivity contribution in [2.75, 3.05) is 31.1 Å². The highest BCUT2D eigenvalue weighted by Crippen LogP contribution is 2.30. The number of benzene rings is 1. The van der Waals surface area contributed by atoms with Crippen LogP contribution in [0.4, 0.5) is 11.5 Å². The van der Waals surface area contributed by atoms with Crippen molar-refractivity contribution in [3.8, 4) is 0 Å². The number of piperazine rings is 1. The molecule has 2 aromatic heterocycles. The summed E-state index contributed by atoms with van der Waals surface area (Å²) in [4.78, 5) is 35.5. The maximum atomic E-state index is 12.7. The minimum Gasteiger partial charge on any atom is -0.352 e. The minimum atomic E-state index is -0.480. The van der Waals surface area contributed by atoms with Crippen LogP contribution in [0, 0.1) is 10.1 Å². The quantitative estimate of drug-likeness (QED) is 0.447. The highest BCUT2D eigenvalue weighted by Gasteiger charge is 2.26. The number of non-ortho nitro benzene ring substituents is 1. The Morgan fingerprint density at radius 3 is 2.46 bits per heavy atom. The summed E-state index contributed by atoms with van der Waals surface area (Å²) in [6.45, 7) is 2.29. The van der Waals surface area contributed by atoms with E-state index in [4.69, 9.17) is 0 Å². The number of rotatable bonds is 3. The number of aryl methyl sites for hydroxylation is 1. The zero-order valence-corrected chi connectivity index (χ0v) is 16.5. The van der Waals surface area contributed by atoms with Crippen LogP contribution < -0.4 is 4.90 Å². The van der Waals surface area contributed by atoms with E-state index in [0.717, 1.165) is 16.9 Å². The maximum Gasteiger partial charge on any atom is 0.269 e. The number of anilines is 1. The molecule has 0 spiro atoms. The molecular formula is C17H16BrN7O3. The van der Waals surface area contributed by atoms with Gasteiger partial charge < -0.3 is 9.80 Å². The Morgan fingerprint density at radius 1 is 1.14 bits per heavy atom. The van der Waals surface area contributed by atoms with Crippen LogP contribution in [0.15, 0.2) is 35.2 Å². The van der Waals surface area contributed by atoms with Crippen LogP contribution in [0.5, 0.6) is 0 Å². The summed E-state index contributed by atoms with van der Waals surface area (Å²) >= 11 is 3.47. The van der Waals surface area contributed by atoms with Crippen molar-refractivity contribution >= 4 is 44.4 Å². The summed E-state index contributed by atoms with van der Waals surface area (Å²) in [5, 5.41) is 15.9. The van der Waals surface area contributed by atoms with E-state index in [2.05, 4.69) is 35.9 Å². The zero-order chi connectivity index (χ0) is 19.8. The van der Waals surface area contributed by atoms with Crippen molar-refractivity contribution < 1.29 is 9.72 Å². The van der Waals surface area contributed by atoms with E-state index in [9.17, 15) is 14.9 Å². The lowest BCUT2D eigenvalue weighted by Gasteiger charge is -2.35. The SMILES string of the molecule is Cn1nc(Br)c2c(N3CCN(C(=O)c4ccc([N+](=O)[O-])cc4)CC3)ncnc21. The summed E-state index contributed by atoms with van der Waals surface area (Å²) in [6.07, 6.45) is 1.51. The molecule has 3 heterocycles. The highest BCUT2D eigenvalue weighted by molar-refractivity contribution is 9.10. The van der Waals surface area contributed by atoms with Crippen LogP contribution in [0.1, 0.15) is 10.4 Å². The van der Waals surface area contributed by atoms with Gasteiger partial charge in [-0.1, -0.05) is 0 Å². The van der Waals surface area contributed by atoms with Crippen LogP contribution in [0.25, 0.3) is 11.0 Å². The van der Waals surface area contributed by atoms with E-state index in [1.165, 1.54) is 30.6 Å². The topological polar surface area (TPSA) is 110 Å². The van der Waals surface area contributed by atoms with Crippen molar-refractivity contribution in [3.05, 3.63) is 50.9 Å². The Kier molecular flexibility index (Phi) is 4.67. The number of hydrogen-bond acceptors (Lipinski definition) is 7. The number of halogens is 1. The summed E-state index contributed by atoms with van der Waals surface area (Å²) in [6, 6.07) is 5.68. The summed E-state index contributed by atoms with van der Waals surface area (Å²) in [5.74, 6) is 0.650. The normalized spacial score (nSPS) is 14.5. The van der Waals surface area contributed by atoms with Gasteiger partial charge in [0.1, 0.15) is 16.7 Å². The third-order valence-corrected chi connectivity index (χ3v) is 5.30. The molecule has 0 radical (unpaired) electrons. The third kappa shape index (κ3) is 3.17.